The van der Waals surface area contributed by atoms with Gasteiger partial charge in [0.15, 0.2) is 0 Å². The summed E-state index contributed by atoms with van der Waals surface area (Å²) in [7, 11) is 0. The second kappa shape index (κ2) is 8.29. The number of nitrogens with zero attached hydrogens (tertiary/aromatic N) is 1. The van der Waals surface area contributed by atoms with Gasteiger partial charge in [-0.1, -0.05) is 36.4 Å². The van der Waals surface area contributed by atoms with Crippen molar-refractivity contribution >= 4 is 12.0 Å². The molecular formula is C20H22N2O2. The lowest BCUT2D eigenvalue weighted by Crippen LogP contribution is -2.20. The maximum absolute atomic E-state index is 11.8. The van der Waals surface area contributed by atoms with Crippen molar-refractivity contribution in [1.82, 2.24) is 10.3 Å². The Bertz CT molecular complexity index is 675. The third kappa shape index (κ3) is 4.95. The Morgan fingerprint density at radius 1 is 1.17 bits per heavy atom. The van der Waals surface area contributed by atoms with E-state index in [1.165, 1.54) is 12.8 Å². The molecule has 1 heterocycles. The number of hydrogen-bond acceptors (Lipinski definition) is 3. The SMILES string of the molecule is O=C(/C=C/c1ccccc1)NCc1ccc(OC2CCCC2)nc1. The van der Waals surface area contributed by atoms with Gasteiger partial charge in [0.05, 0.1) is 0 Å². The predicted octanol–water partition coefficient (Wildman–Crippen LogP) is 3.73. The number of nitrogens with one attached hydrogen (secondary N) is 1. The van der Waals surface area contributed by atoms with Crippen molar-refractivity contribution in [3.05, 3.63) is 65.9 Å². The molecule has 1 amide bonds. The quantitative estimate of drug-likeness (QED) is 0.824. The molecule has 4 nitrogen and oxygen atoms in total. The molecule has 1 N–H and O–H groups in total. The minimum atomic E-state index is -0.120. The first-order chi connectivity index (χ1) is 11.8. The van der Waals surface area contributed by atoms with Crippen LogP contribution in [0.25, 0.3) is 6.08 Å². The standard InChI is InChI=1S/C20H22N2O2/c23-19(12-10-16-6-2-1-3-7-16)21-14-17-11-13-20(22-15-17)24-18-8-4-5-9-18/h1-3,6-7,10-13,15,18H,4-5,8-9,14H2,(H,21,23)/b12-10+. The van der Waals surface area contributed by atoms with E-state index in [0.717, 1.165) is 24.0 Å². The van der Waals surface area contributed by atoms with E-state index in [4.69, 9.17) is 4.74 Å². The van der Waals surface area contributed by atoms with Gasteiger partial charge in [-0.05, 0) is 42.9 Å². The summed E-state index contributed by atoms with van der Waals surface area (Å²) in [6.45, 7) is 0.453. The minimum absolute atomic E-state index is 0.120. The van der Waals surface area contributed by atoms with Crippen molar-refractivity contribution in [2.24, 2.45) is 0 Å². The first kappa shape index (κ1) is 16.2. The van der Waals surface area contributed by atoms with Gasteiger partial charge in [0.2, 0.25) is 11.8 Å². The molecule has 4 heteroatoms. The summed E-state index contributed by atoms with van der Waals surface area (Å²) in [5.41, 5.74) is 1.96. The van der Waals surface area contributed by atoms with E-state index in [9.17, 15) is 4.79 Å². The third-order valence-corrected chi connectivity index (χ3v) is 4.08. The van der Waals surface area contributed by atoms with Crippen LogP contribution < -0.4 is 10.1 Å². The summed E-state index contributed by atoms with van der Waals surface area (Å²) >= 11 is 0. The number of aromatic nitrogens is 1. The molecule has 1 aliphatic rings. The van der Waals surface area contributed by atoms with E-state index in [1.54, 1.807) is 18.3 Å². The van der Waals surface area contributed by atoms with Crippen LogP contribution in [0.15, 0.2) is 54.7 Å². The van der Waals surface area contributed by atoms with Gasteiger partial charge in [-0.2, -0.15) is 0 Å². The lowest BCUT2D eigenvalue weighted by molar-refractivity contribution is -0.116. The van der Waals surface area contributed by atoms with E-state index < -0.39 is 0 Å². The Kier molecular flexibility index (Phi) is 5.61. The summed E-state index contributed by atoms with van der Waals surface area (Å²) in [5, 5.41) is 2.86. The van der Waals surface area contributed by atoms with E-state index in [1.807, 2.05) is 42.5 Å². The maximum atomic E-state index is 11.8. The largest absolute Gasteiger partial charge is 0.474 e. The zero-order valence-corrected chi connectivity index (χ0v) is 13.7. The normalized spacial score (nSPS) is 14.8. The van der Waals surface area contributed by atoms with Crippen molar-refractivity contribution in [3.63, 3.8) is 0 Å². The van der Waals surface area contributed by atoms with E-state index in [-0.39, 0.29) is 5.91 Å². The van der Waals surface area contributed by atoms with Crippen LogP contribution in [0.3, 0.4) is 0 Å². The predicted molar refractivity (Wildman–Crippen MR) is 94.4 cm³/mol. The van der Waals surface area contributed by atoms with Crippen LogP contribution in [0.4, 0.5) is 0 Å². The van der Waals surface area contributed by atoms with Gasteiger partial charge < -0.3 is 10.1 Å². The summed E-state index contributed by atoms with van der Waals surface area (Å²) in [5.74, 6) is 0.547. The molecular weight excluding hydrogens is 300 g/mol. The smallest absolute Gasteiger partial charge is 0.244 e. The van der Waals surface area contributed by atoms with E-state index >= 15 is 0 Å². The van der Waals surface area contributed by atoms with Crippen LogP contribution in [0.5, 0.6) is 5.88 Å². The number of rotatable bonds is 6. The first-order valence-corrected chi connectivity index (χ1v) is 8.42. The minimum Gasteiger partial charge on any atom is -0.474 e. The molecule has 0 saturated heterocycles. The van der Waals surface area contributed by atoms with Crippen LogP contribution in [-0.2, 0) is 11.3 Å². The van der Waals surface area contributed by atoms with Crippen LogP contribution in [0, 0.1) is 0 Å². The van der Waals surface area contributed by atoms with Gasteiger partial charge in [0, 0.05) is 24.9 Å². The fourth-order valence-corrected chi connectivity index (χ4v) is 2.75. The molecule has 1 saturated carbocycles. The van der Waals surface area contributed by atoms with Crippen LogP contribution in [0.1, 0.15) is 36.8 Å². The molecule has 124 valence electrons. The van der Waals surface area contributed by atoms with Crippen molar-refractivity contribution in [3.8, 4) is 5.88 Å². The van der Waals surface area contributed by atoms with Crippen molar-refractivity contribution in [2.45, 2.75) is 38.3 Å². The number of carbonyl (C=O) groups is 1. The Morgan fingerprint density at radius 3 is 2.67 bits per heavy atom. The number of pyridine rings is 1. The van der Waals surface area contributed by atoms with Crippen LogP contribution in [0.2, 0.25) is 0 Å². The van der Waals surface area contributed by atoms with Gasteiger partial charge in [-0.25, -0.2) is 4.98 Å². The van der Waals surface area contributed by atoms with Crippen molar-refractivity contribution in [2.75, 3.05) is 0 Å². The van der Waals surface area contributed by atoms with Crippen LogP contribution in [-0.4, -0.2) is 17.0 Å². The van der Waals surface area contributed by atoms with Crippen LogP contribution >= 0.6 is 0 Å². The molecule has 24 heavy (non-hydrogen) atoms. The van der Waals surface area contributed by atoms with Gasteiger partial charge in [0.25, 0.3) is 0 Å². The number of hydrogen-bond donors (Lipinski definition) is 1. The molecule has 1 aromatic carbocycles. The molecule has 2 aromatic rings. The van der Waals surface area contributed by atoms with E-state index in [2.05, 4.69) is 10.3 Å². The van der Waals surface area contributed by atoms with Crippen molar-refractivity contribution < 1.29 is 9.53 Å². The highest BCUT2D eigenvalue weighted by Gasteiger charge is 2.16. The molecule has 0 spiro atoms. The third-order valence-electron chi connectivity index (χ3n) is 4.08. The van der Waals surface area contributed by atoms with E-state index in [0.29, 0.717) is 18.5 Å². The topological polar surface area (TPSA) is 51.2 Å². The first-order valence-electron chi connectivity index (χ1n) is 8.42. The Morgan fingerprint density at radius 2 is 1.96 bits per heavy atom. The zero-order valence-electron chi connectivity index (χ0n) is 13.7. The van der Waals surface area contributed by atoms with Gasteiger partial charge >= 0.3 is 0 Å². The number of benzene rings is 1. The lowest BCUT2D eigenvalue weighted by Gasteiger charge is -2.12. The van der Waals surface area contributed by atoms with Gasteiger partial charge in [0.1, 0.15) is 6.10 Å². The molecule has 0 aliphatic heterocycles. The lowest BCUT2D eigenvalue weighted by atomic mass is 10.2. The molecule has 1 aromatic heterocycles. The monoisotopic (exact) mass is 322 g/mol. The highest BCUT2D eigenvalue weighted by Crippen LogP contribution is 2.22. The van der Waals surface area contributed by atoms with Gasteiger partial charge in [-0.3, -0.25) is 4.79 Å². The molecule has 0 bridgehead atoms. The fourth-order valence-electron chi connectivity index (χ4n) is 2.75. The molecule has 0 radical (unpaired) electrons. The second-order valence-electron chi connectivity index (χ2n) is 5.99. The zero-order chi connectivity index (χ0) is 16.6. The fraction of sp³-hybridized carbons (Fsp3) is 0.300. The number of carbonyl (C=O) groups excluding carboxylic acids is 1. The highest BCUT2D eigenvalue weighted by atomic mass is 16.5. The molecule has 0 unspecified atom stereocenters. The summed E-state index contributed by atoms with van der Waals surface area (Å²) < 4.78 is 5.83. The Hall–Kier alpha value is -2.62. The summed E-state index contributed by atoms with van der Waals surface area (Å²) in [4.78, 5) is 16.2. The summed E-state index contributed by atoms with van der Waals surface area (Å²) in [6.07, 6.45) is 10.1. The average molecular weight is 322 g/mol. The summed E-state index contributed by atoms with van der Waals surface area (Å²) in [6, 6.07) is 13.6. The average Bonchev–Trinajstić information content (AvgIpc) is 3.13. The molecule has 1 aliphatic carbocycles. The Balaban J connectivity index is 1.45. The highest BCUT2D eigenvalue weighted by molar-refractivity contribution is 5.91. The Labute approximate surface area is 142 Å². The number of amides is 1. The maximum Gasteiger partial charge on any atom is 0.244 e. The van der Waals surface area contributed by atoms with Gasteiger partial charge in [-0.15, -0.1) is 0 Å². The molecule has 3 rings (SSSR count). The second-order valence-corrected chi connectivity index (χ2v) is 5.99. The molecule has 1 fully saturated rings. The van der Waals surface area contributed by atoms with Crippen molar-refractivity contribution in [1.29, 1.82) is 0 Å². The molecule has 0 atom stereocenters. The number of ether oxygens (including phenoxy) is 1.